The molecule has 4 heterocycles. The number of benzene rings is 1. The van der Waals surface area contributed by atoms with Crippen LogP contribution >= 0.6 is 0 Å². The van der Waals surface area contributed by atoms with Gasteiger partial charge in [-0.15, -0.1) is 0 Å². The van der Waals surface area contributed by atoms with Crippen LogP contribution in [0, 0.1) is 0 Å². The molecule has 0 unspecified atom stereocenters. The molecule has 0 saturated carbocycles. The summed E-state index contributed by atoms with van der Waals surface area (Å²) in [6.07, 6.45) is 5.57. The Morgan fingerprint density at radius 2 is 1.76 bits per heavy atom. The molecule has 8 heteroatoms. The number of nitrogen functional groups attached to an aromatic ring is 1. The average molecular weight is 389 g/mol. The van der Waals surface area contributed by atoms with Crippen LogP contribution in [0.2, 0.25) is 0 Å². The number of para-hydroxylation sites is 1. The Morgan fingerprint density at radius 3 is 2.59 bits per heavy atom. The highest BCUT2D eigenvalue weighted by atomic mass is 16.5. The number of ether oxygens (including phenoxy) is 1. The van der Waals surface area contributed by atoms with Gasteiger partial charge in [-0.05, 0) is 24.5 Å². The summed E-state index contributed by atoms with van der Waals surface area (Å²) in [6, 6.07) is 10.5. The second-order valence-corrected chi connectivity index (χ2v) is 7.22. The SMILES string of the molecule is Nc1ncc(-c2cc(N3CCOCC3)nc(N3CCCc4ccccc43)n2)cn1. The number of nitrogens with zero attached hydrogens (tertiary/aromatic N) is 6. The van der Waals surface area contributed by atoms with Gasteiger partial charge in [0.25, 0.3) is 0 Å². The molecule has 2 aliphatic rings. The van der Waals surface area contributed by atoms with Crippen LogP contribution in [0.3, 0.4) is 0 Å². The lowest BCUT2D eigenvalue weighted by Crippen LogP contribution is -2.37. The molecule has 3 aromatic rings. The fourth-order valence-corrected chi connectivity index (χ4v) is 3.86. The van der Waals surface area contributed by atoms with Crippen LogP contribution in [0.5, 0.6) is 0 Å². The zero-order chi connectivity index (χ0) is 19.6. The lowest BCUT2D eigenvalue weighted by Gasteiger charge is -2.32. The second kappa shape index (κ2) is 7.63. The molecule has 0 atom stereocenters. The Balaban J connectivity index is 1.61. The summed E-state index contributed by atoms with van der Waals surface area (Å²) in [6.45, 7) is 3.91. The van der Waals surface area contributed by atoms with Crippen molar-refractivity contribution in [1.82, 2.24) is 19.9 Å². The third kappa shape index (κ3) is 3.58. The minimum Gasteiger partial charge on any atom is -0.378 e. The van der Waals surface area contributed by atoms with Gasteiger partial charge in [0, 0.05) is 49.3 Å². The normalized spacial score (nSPS) is 16.6. The summed E-state index contributed by atoms with van der Waals surface area (Å²) >= 11 is 0. The standard InChI is InChI=1S/C21H23N7O/c22-20-23-13-16(14-24-20)17-12-19(27-8-10-29-11-9-27)26-21(25-17)28-7-3-5-15-4-1-2-6-18(15)28/h1-2,4,6,12-14H,3,5,7-11H2,(H2,22,23,24). The fourth-order valence-electron chi connectivity index (χ4n) is 3.86. The van der Waals surface area contributed by atoms with Crippen molar-refractivity contribution in [3.05, 3.63) is 48.3 Å². The van der Waals surface area contributed by atoms with Crippen molar-refractivity contribution in [3.63, 3.8) is 0 Å². The Hall–Kier alpha value is -3.26. The van der Waals surface area contributed by atoms with E-state index in [-0.39, 0.29) is 5.95 Å². The molecule has 2 aromatic heterocycles. The van der Waals surface area contributed by atoms with Crippen LogP contribution in [0.4, 0.5) is 23.4 Å². The summed E-state index contributed by atoms with van der Waals surface area (Å²) in [5, 5.41) is 0. The molecule has 5 rings (SSSR count). The molecule has 0 spiro atoms. The molecule has 8 nitrogen and oxygen atoms in total. The third-order valence-electron chi connectivity index (χ3n) is 5.36. The predicted octanol–water partition coefficient (Wildman–Crippen LogP) is 2.44. The van der Waals surface area contributed by atoms with Gasteiger partial charge in [0.15, 0.2) is 0 Å². The van der Waals surface area contributed by atoms with E-state index in [4.69, 9.17) is 20.4 Å². The molecule has 0 aliphatic carbocycles. The molecule has 0 amide bonds. The number of aromatic nitrogens is 4. The van der Waals surface area contributed by atoms with E-state index in [1.807, 2.05) is 6.07 Å². The van der Waals surface area contributed by atoms with Crippen LogP contribution < -0.4 is 15.5 Å². The van der Waals surface area contributed by atoms with Crippen molar-refractivity contribution in [2.24, 2.45) is 0 Å². The molecule has 1 fully saturated rings. The van der Waals surface area contributed by atoms with E-state index < -0.39 is 0 Å². The first-order valence-corrected chi connectivity index (χ1v) is 9.93. The van der Waals surface area contributed by atoms with E-state index in [0.29, 0.717) is 19.2 Å². The summed E-state index contributed by atoms with van der Waals surface area (Å²) in [5.74, 6) is 1.85. The van der Waals surface area contributed by atoms with Crippen molar-refractivity contribution >= 4 is 23.4 Å². The lowest BCUT2D eigenvalue weighted by molar-refractivity contribution is 0.122. The molecule has 148 valence electrons. The van der Waals surface area contributed by atoms with Crippen LogP contribution in [-0.2, 0) is 11.2 Å². The first kappa shape index (κ1) is 17.8. The van der Waals surface area contributed by atoms with E-state index in [0.717, 1.165) is 49.6 Å². The average Bonchev–Trinajstić information content (AvgIpc) is 2.79. The van der Waals surface area contributed by atoms with Gasteiger partial charge >= 0.3 is 0 Å². The molecule has 29 heavy (non-hydrogen) atoms. The van der Waals surface area contributed by atoms with E-state index >= 15 is 0 Å². The number of anilines is 4. The molecule has 1 aromatic carbocycles. The number of fused-ring (bicyclic) bond motifs is 1. The van der Waals surface area contributed by atoms with Crippen LogP contribution in [0.15, 0.2) is 42.7 Å². The minimum atomic E-state index is 0.251. The van der Waals surface area contributed by atoms with Crippen molar-refractivity contribution in [2.45, 2.75) is 12.8 Å². The van der Waals surface area contributed by atoms with Crippen LogP contribution in [0.25, 0.3) is 11.3 Å². The number of hydrogen-bond acceptors (Lipinski definition) is 8. The quantitative estimate of drug-likeness (QED) is 0.730. The second-order valence-electron chi connectivity index (χ2n) is 7.22. The smallest absolute Gasteiger partial charge is 0.232 e. The van der Waals surface area contributed by atoms with Crippen molar-refractivity contribution in [2.75, 3.05) is 48.4 Å². The first-order chi connectivity index (χ1) is 14.3. The minimum absolute atomic E-state index is 0.251. The Morgan fingerprint density at radius 1 is 0.966 bits per heavy atom. The maximum absolute atomic E-state index is 5.67. The fraction of sp³-hybridized carbons (Fsp3) is 0.333. The van der Waals surface area contributed by atoms with Crippen LogP contribution in [-0.4, -0.2) is 52.8 Å². The van der Waals surface area contributed by atoms with Gasteiger partial charge < -0.3 is 20.3 Å². The summed E-state index contributed by atoms with van der Waals surface area (Å²) in [4.78, 5) is 22.6. The highest BCUT2D eigenvalue weighted by molar-refractivity contribution is 5.69. The van der Waals surface area contributed by atoms with Gasteiger partial charge in [-0.1, -0.05) is 18.2 Å². The van der Waals surface area contributed by atoms with E-state index in [2.05, 4.69) is 44.0 Å². The topological polar surface area (TPSA) is 93.3 Å². The number of rotatable bonds is 3. The molecule has 1 saturated heterocycles. The van der Waals surface area contributed by atoms with Gasteiger partial charge in [0.2, 0.25) is 11.9 Å². The van der Waals surface area contributed by atoms with Crippen molar-refractivity contribution in [1.29, 1.82) is 0 Å². The van der Waals surface area contributed by atoms with E-state index in [1.165, 1.54) is 11.3 Å². The van der Waals surface area contributed by atoms with Gasteiger partial charge in [0.1, 0.15) is 5.82 Å². The zero-order valence-corrected chi connectivity index (χ0v) is 16.2. The summed E-state index contributed by atoms with van der Waals surface area (Å²) < 4.78 is 5.51. The highest BCUT2D eigenvalue weighted by Gasteiger charge is 2.23. The maximum Gasteiger partial charge on any atom is 0.232 e. The predicted molar refractivity (Wildman–Crippen MR) is 112 cm³/mol. The monoisotopic (exact) mass is 389 g/mol. The molecular weight excluding hydrogens is 366 g/mol. The number of morpholine rings is 1. The first-order valence-electron chi connectivity index (χ1n) is 9.93. The molecular formula is C21H23N7O. The van der Waals surface area contributed by atoms with Crippen molar-refractivity contribution < 1.29 is 4.74 Å². The van der Waals surface area contributed by atoms with E-state index in [1.54, 1.807) is 12.4 Å². The summed E-state index contributed by atoms with van der Waals surface area (Å²) in [5.41, 5.74) is 9.79. The van der Waals surface area contributed by atoms with Gasteiger partial charge in [0.05, 0.1) is 18.9 Å². The van der Waals surface area contributed by atoms with Gasteiger partial charge in [-0.2, -0.15) is 4.98 Å². The maximum atomic E-state index is 5.67. The van der Waals surface area contributed by atoms with Gasteiger partial charge in [-0.25, -0.2) is 15.0 Å². The third-order valence-corrected chi connectivity index (χ3v) is 5.36. The van der Waals surface area contributed by atoms with Crippen molar-refractivity contribution in [3.8, 4) is 11.3 Å². The molecule has 0 radical (unpaired) electrons. The largest absolute Gasteiger partial charge is 0.378 e. The Bertz CT molecular complexity index is 1000. The lowest BCUT2D eigenvalue weighted by atomic mass is 10.0. The van der Waals surface area contributed by atoms with E-state index in [9.17, 15) is 0 Å². The van der Waals surface area contributed by atoms with Gasteiger partial charge in [-0.3, -0.25) is 0 Å². The number of nitrogens with two attached hydrogens (primary N) is 1. The number of hydrogen-bond donors (Lipinski definition) is 1. The zero-order valence-electron chi connectivity index (χ0n) is 16.2. The summed E-state index contributed by atoms with van der Waals surface area (Å²) in [7, 11) is 0. The number of aryl methyl sites for hydroxylation is 1. The molecule has 2 N–H and O–H groups in total. The van der Waals surface area contributed by atoms with Crippen LogP contribution in [0.1, 0.15) is 12.0 Å². The highest BCUT2D eigenvalue weighted by Crippen LogP contribution is 2.33. The Labute approximate surface area is 169 Å². The molecule has 2 aliphatic heterocycles. The Kier molecular flexibility index (Phi) is 4.69. The molecule has 0 bridgehead atoms.